The summed E-state index contributed by atoms with van der Waals surface area (Å²) < 4.78 is 26.9. The van der Waals surface area contributed by atoms with Gasteiger partial charge in [-0.15, -0.1) is 0 Å². The van der Waals surface area contributed by atoms with Crippen LogP contribution >= 0.6 is 0 Å². The maximum atomic E-state index is 13.6. The molecular formula is C13H17F2N. The van der Waals surface area contributed by atoms with Crippen LogP contribution in [0.5, 0.6) is 0 Å². The molecule has 1 nitrogen and oxygen atoms in total. The van der Waals surface area contributed by atoms with Gasteiger partial charge in [-0.3, -0.25) is 0 Å². The summed E-state index contributed by atoms with van der Waals surface area (Å²) in [5.74, 6) is -0.0828. The summed E-state index contributed by atoms with van der Waals surface area (Å²) in [5.41, 5.74) is 0.904. The Balaban J connectivity index is 2.11. The summed E-state index contributed by atoms with van der Waals surface area (Å²) in [6, 6.07) is 2.65. The predicted molar refractivity (Wildman–Crippen MR) is 60.4 cm³/mol. The van der Waals surface area contributed by atoms with Crippen molar-refractivity contribution < 1.29 is 8.78 Å². The molecule has 1 fully saturated rings. The zero-order valence-electron chi connectivity index (χ0n) is 9.52. The molecule has 1 heterocycles. The molecule has 0 aromatic heterocycles. The number of aryl methyl sites for hydroxylation is 1. The van der Waals surface area contributed by atoms with Gasteiger partial charge in [0.25, 0.3) is 0 Å². The van der Waals surface area contributed by atoms with Gasteiger partial charge in [0.15, 0.2) is 0 Å². The van der Waals surface area contributed by atoms with E-state index in [-0.39, 0.29) is 11.6 Å². The van der Waals surface area contributed by atoms with Crippen molar-refractivity contribution in [3.63, 3.8) is 0 Å². The van der Waals surface area contributed by atoms with E-state index in [1.165, 1.54) is 12.1 Å². The quantitative estimate of drug-likeness (QED) is 0.816. The van der Waals surface area contributed by atoms with Crippen molar-refractivity contribution in [2.45, 2.75) is 26.2 Å². The van der Waals surface area contributed by atoms with Crippen molar-refractivity contribution in [3.05, 3.63) is 34.9 Å². The number of hydrogen-bond acceptors (Lipinski definition) is 1. The molecule has 1 N–H and O–H groups in total. The van der Waals surface area contributed by atoms with E-state index in [0.29, 0.717) is 23.5 Å². The summed E-state index contributed by atoms with van der Waals surface area (Å²) in [4.78, 5) is 0. The van der Waals surface area contributed by atoms with E-state index < -0.39 is 0 Å². The van der Waals surface area contributed by atoms with Crippen LogP contribution in [0.1, 0.15) is 24.0 Å². The molecule has 16 heavy (non-hydrogen) atoms. The van der Waals surface area contributed by atoms with E-state index in [1.54, 1.807) is 6.92 Å². The van der Waals surface area contributed by atoms with E-state index >= 15 is 0 Å². The zero-order valence-corrected chi connectivity index (χ0v) is 9.52. The molecule has 1 aromatic rings. The van der Waals surface area contributed by atoms with Crippen molar-refractivity contribution in [2.75, 3.05) is 13.1 Å². The third-order valence-corrected chi connectivity index (χ3v) is 3.29. The summed E-state index contributed by atoms with van der Waals surface area (Å²) in [5, 5.41) is 3.27. The van der Waals surface area contributed by atoms with Crippen molar-refractivity contribution in [3.8, 4) is 0 Å². The second kappa shape index (κ2) is 4.91. The monoisotopic (exact) mass is 225 g/mol. The second-order valence-electron chi connectivity index (χ2n) is 4.59. The molecule has 0 bridgehead atoms. The highest BCUT2D eigenvalue weighted by Crippen LogP contribution is 2.22. The van der Waals surface area contributed by atoms with Gasteiger partial charge >= 0.3 is 0 Å². The first-order chi connectivity index (χ1) is 7.66. The standard InChI is InChI=1S/C13H17F2N/c1-9-6-13(15)11(8-12(9)14)7-10-2-4-16-5-3-10/h6,8,10,16H,2-5,7H2,1H3. The smallest absolute Gasteiger partial charge is 0.126 e. The predicted octanol–water partition coefficient (Wildman–Crippen LogP) is 2.82. The number of benzene rings is 1. The molecule has 0 radical (unpaired) electrons. The molecule has 0 saturated carbocycles. The first-order valence-corrected chi connectivity index (χ1v) is 5.82. The largest absolute Gasteiger partial charge is 0.317 e. The Kier molecular flexibility index (Phi) is 3.54. The van der Waals surface area contributed by atoms with Gasteiger partial charge in [-0.05, 0) is 68.5 Å². The van der Waals surface area contributed by atoms with E-state index in [1.807, 2.05) is 0 Å². The van der Waals surface area contributed by atoms with Gasteiger partial charge in [-0.1, -0.05) is 0 Å². The first-order valence-electron chi connectivity index (χ1n) is 5.82. The first kappa shape index (κ1) is 11.5. The van der Waals surface area contributed by atoms with E-state index in [2.05, 4.69) is 5.32 Å². The average molecular weight is 225 g/mol. The summed E-state index contributed by atoms with van der Waals surface area (Å²) in [6.07, 6.45) is 2.76. The average Bonchev–Trinajstić information content (AvgIpc) is 2.27. The number of rotatable bonds is 2. The minimum atomic E-state index is -0.301. The lowest BCUT2D eigenvalue weighted by molar-refractivity contribution is 0.368. The fraction of sp³-hybridized carbons (Fsp3) is 0.538. The molecule has 3 heteroatoms. The van der Waals surface area contributed by atoms with Gasteiger partial charge in [-0.2, -0.15) is 0 Å². The van der Waals surface area contributed by atoms with Crippen LogP contribution < -0.4 is 5.32 Å². The Bertz CT molecular complexity index is 370. The SMILES string of the molecule is Cc1cc(F)c(CC2CCNCC2)cc1F. The highest BCUT2D eigenvalue weighted by atomic mass is 19.1. The number of piperidine rings is 1. The van der Waals surface area contributed by atoms with Gasteiger partial charge < -0.3 is 5.32 Å². The van der Waals surface area contributed by atoms with Crippen LogP contribution in [0.15, 0.2) is 12.1 Å². The lowest BCUT2D eigenvalue weighted by Gasteiger charge is -2.22. The van der Waals surface area contributed by atoms with Gasteiger partial charge in [0.2, 0.25) is 0 Å². The van der Waals surface area contributed by atoms with Crippen LogP contribution in [0.4, 0.5) is 8.78 Å². The molecule has 88 valence electrons. The topological polar surface area (TPSA) is 12.0 Å². The molecule has 0 spiro atoms. The molecule has 0 amide bonds. The maximum Gasteiger partial charge on any atom is 0.126 e. The van der Waals surface area contributed by atoms with E-state index in [4.69, 9.17) is 0 Å². The second-order valence-corrected chi connectivity index (χ2v) is 4.59. The minimum absolute atomic E-state index is 0.266. The Labute approximate surface area is 94.9 Å². The highest BCUT2D eigenvalue weighted by molar-refractivity contribution is 5.25. The van der Waals surface area contributed by atoms with Crippen LogP contribution in [0.25, 0.3) is 0 Å². The Morgan fingerprint density at radius 2 is 1.88 bits per heavy atom. The Morgan fingerprint density at radius 1 is 1.19 bits per heavy atom. The van der Waals surface area contributed by atoms with E-state index in [0.717, 1.165) is 25.9 Å². The zero-order chi connectivity index (χ0) is 11.5. The molecule has 0 aliphatic carbocycles. The van der Waals surface area contributed by atoms with Crippen LogP contribution in [-0.2, 0) is 6.42 Å². The fourth-order valence-corrected chi connectivity index (χ4v) is 2.24. The molecular weight excluding hydrogens is 208 g/mol. The van der Waals surface area contributed by atoms with Crippen LogP contribution in [0, 0.1) is 24.5 Å². The molecule has 0 unspecified atom stereocenters. The summed E-state index contributed by atoms with van der Waals surface area (Å²) in [7, 11) is 0. The van der Waals surface area contributed by atoms with Crippen molar-refractivity contribution in [1.29, 1.82) is 0 Å². The third-order valence-electron chi connectivity index (χ3n) is 3.29. The Morgan fingerprint density at radius 3 is 2.56 bits per heavy atom. The van der Waals surface area contributed by atoms with Crippen molar-refractivity contribution >= 4 is 0 Å². The highest BCUT2D eigenvalue weighted by Gasteiger charge is 2.16. The molecule has 0 atom stereocenters. The number of halogens is 2. The van der Waals surface area contributed by atoms with Crippen LogP contribution in [0.2, 0.25) is 0 Å². The van der Waals surface area contributed by atoms with Gasteiger partial charge in [0, 0.05) is 0 Å². The van der Waals surface area contributed by atoms with Gasteiger partial charge in [0.1, 0.15) is 11.6 Å². The number of hydrogen-bond donors (Lipinski definition) is 1. The van der Waals surface area contributed by atoms with Crippen molar-refractivity contribution in [1.82, 2.24) is 5.32 Å². The summed E-state index contributed by atoms with van der Waals surface area (Å²) in [6.45, 7) is 3.56. The molecule has 1 saturated heterocycles. The van der Waals surface area contributed by atoms with Gasteiger partial charge in [0.05, 0.1) is 0 Å². The molecule has 1 aromatic carbocycles. The molecule has 1 aliphatic rings. The molecule has 2 rings (SSSR count). The number of nitrogens with one attached hydrogen (secondary N) is 1. The molecule has 1 aliphatic heterocycles. The normalized spacial score (nSPS) is 17.7. The lowest BCUT2D eigenvalue weighted by Crippen LogP contribution is -2.28. The minimum Gasteiger partial charge on any atom is -0.317 e. The fourth-order valence-electron chi connectivity index (χ4n) is 2.24. The Hall–Kier alpha value is -0.960. The summed E-state index contributed by atoms with van der Waals surface area (Å²) >= 11 is 0. The third kappa shape index (κ3) is 2.59. The van der Waals surface area contributed by atoms with Gasteiger partial charge in [-0.25, -0.2) is 8.78 Å². The van der Waals surface area contributed by atoms with Crippen LogP contribution in [0.3, 0.4) is 0 Å². The van der Waals surface area contributed by atoms with Crippen molar-refractivity contribution in [2.24, 2.45) is 5.92 Å². The maximum absolute atomic E-state index is 13.6. The lowest BCUT2D eigenvalue weighted by atomic mass is 9.90. The van der Waals surface area contributed by atoms with Crippen LogP contribution in [-0.4, -0.2) is 13.1 Å². The van der Waals surface area contributed by atoms with E-state index in [9.17, 15) is 8.78 Å².